The van der Waals surface area contributed by atoms with E-state index >= 15 is 0 Å². The van der Waals surface area contributed by atoms with E-state index in [1.807, 2.05) is 24.3 Å². The van der Waals surface area contributed by atoms with Gasteiger partial charge < -0.3 is 30.9 Å². The van der Waals surface area contributed by atoms with Crippen molar-refractivity contribution >= 4 is 23.2 Å². The molecule has 1 amide bonds. The monoisotopic (exact) mass is 491 g/mol. The minimum Gasteiger partial charge on any atom is -0.508 e. The molecule has 5 rings (SSSR count). The van der Waals surface area contributed by atoms with Crippen molar-refractivity contribution in [2.75, 3.05) is 7.11 Å². The van der Waals surface area contributed by atoms with E-state index in [4.69, 9.17) is 10.5 Å². The lowest BCUT2D eigenvalue weighted by molar-refractivity contribution is -0.147. The van der Waals surface area contributed by atoms with Gasteiger partial charge in [0.25, 0.3) is 5.91 Å². The summed E-state index contributed by atoms with van der Waals surface area (Å²) < 4.78 is 5.22. The summed E-state index contributed by atoms with van der Waals surface area (Å²) in [4.78, 5) is 37.8. The molecule has 36 heavy (non-hydrogen) atoms. The normalized spacial score (nSPS) is 25.4. The third kappa shape index (κ3) is 3.27. The molecule has 2 aromatic carbocycles. The van der Waals surface area contributed by atoms with Gasteiger partial charge in [-0.25, -0.2) is 0 Å². The Balaban J connectivity index is 1.68. The minimum atomic E-state index is -2.57. The number of rotatable bonds is 4. The van der Waals surface area contributed by atoms with Gasteiger partial charge in [-0.1, -0.05) is 24.3 Å². The third-order valence-electron chi connectivity index (χ3n) is 7.50. The molecule has 6 N–H and O–H groups in total. The predicted molar refractivity (Wildman–Crippen MR) is 128 cm³/mol. The highest BCUT2D eigenvalue weighted by atomic mass is 16.5. The number of benzene rings is 2. The first-order chi connectivity index (χ1) is 17.1. The number of carbonyl (C=O) groups is 3. The summed E-state index contributed by atoms with van der Waals surface area (Å²) in [6.07, 6.45) is -0.0255. The van der Waals surface area contributed by atoms with Crippen LogP contribution in [0.4, 0.5) is 0 Å². The zero-order valence-electron chi connectivity index (χ0n) is 19.4. The summed E-state index contributed by atoms with van der Waals surface area (Å²) >= 11 is 0. The fourth-order valence-corrected chi connectivity index (χ4v) is 5.89. The molecule has 2 aromatic rings. The summed E-state index contributed by atoms with van der Waals surface area (Å²) in [5, 5.41) is 43.9. The standard InChI is InChI=1S/C27H25NO8/c1-36-11-12-3-2-4-13(7-12)16-5-6-18(29)21-17(16)9-14-8-15-10-19(30)22(26(28)34)25(33)27(15,35)24(32)20(14)23(21)31/h2-7,14-15,29,31,33,35H,8-11H2,1H3,(H2,28,34). The Labute approximate surface area is 206 Å². The van der Waals surface area contributed by atoms with Gasteiger partial charge in [0.1, 0.15) is 22.8 Å². The Kier molecular flexibility index (Phi) is 5.50. The molecule has 186 valence electrons. The van der Waals surface area contributed by atoms with E-state index in [1.165, 1.54) is 6.07 Å². The molecule has 3 aliphatic carbocycles. The van der Waals surface area contributed by atoms with E-state index in [0.717, 1.165) is 16.7 Å². The average Bonchev–Trinajstić information content (AvgIpc) is 2.81. The second-order valence-corrected chi connectivity index (χ2v) is 9.53. The number of ketones is 2. The maximum atomic E-state index is 13.6. The molecular weight excluding hydrogens is 466 g/mol. The van der Waals surface area contributed by atoms with Crippen molar-refractivity contribution in [2.24, 2.45) is 17.6 Å². The van der Waals surface area contributed by atoms with Crippen LogP contribution in [0.5, 0.6) is 5.75 Å². The summed E-state index contributed by atoms with van der Waals surface area (Å²) in [6.45, 7) is 0.402. The topological polar surface area (TPSA) is 167 Å². The molecule has 1 saturated carbocycles. The van der Waals surface area contributed by atoms with Crippen molar-refractivity contribution in [1.29, 1.82) is 0 Å². The van der Waals surface area contributed by atoms with Crippen LogP contribution in [0.2, 0.25) is 0 Å². The number of methoxy groups -OCH3 is 1. The minimum absolute atomic E-state index is 0.0665. The quantitative estimate of drug-likeness (QED) is 0.406. The van der Waals surface area contributed by atoms with E-state index < -0.39 is 52.0 Å². The van der Waals surface area contributed by atoms with Crippen molar-refractivity contribution < 1.29 is 39.5 Å². The van der Waals surface area contributed by atoms with Gasteiger partial charge in [-0.05, 0) is 53.1 Å². The number of amides is 1. The maximum Gasteiger partial charge on any atom is 0.255 e. The van der Waals surface area contributed by atoms with Crippen LogP contribution < -0.4 is 5.73 Å². The number of fused-ring (bicyclic) bond motifs is 3. The molecule has 0 radical (unpaired) electrons. The van der Waals surface area contributed by atoms with Gasteiger partial charge >= 0.3 is 0 Å². The number of hydrogen-bond acceptors (Lipinski definition) is 8. The Hall–Kier alpha value is -3.95. The van der Waals surface area contributed by atoms with Gasteiger partial charge in [-0.15, -0.1) is 0 Å². The number of hydrogen-bond donors (Lipinski definition) is 5. The van der Waals surface area contributed by atoms with Crippen molar-refractivity contribution in [3.63, 3.8) is 0 Å². The number of aliphatic hydroxyl groups is 3. The number of ether oxygens (including phenoxy) is 1. The van der Waals surface area contributed by atoms with Gasteiger partial charge in [0.05, 0.1) is 12.2 Å². The average molecular weight is 491 g/mol. The molecule has 0 aliphatic heterocycles. The SMILES string of the molecule is COCc1cccc(-c2ccc(O)c3c2CC2CC4CC(=O)C(C(N)=O)=C(O)C4(O)C(=O)C2=C3O)c1. The molecule has 0 heterocycles. The van der Waals surface area contributed by atoms with Crippen LogP contribution in [0.3, 0.4) is 0 Å². The summed E-state index contributed by atoms with van der Waals surface area (Å²) in [7, 11) is 1.59. The fourth-order valence-electron chi connectivity index (χ4n) is 5.89. The second kappa shape index (κ2) is 8.32. The number of nitrogens with two attached hydrogens (primary N) is 1. The van der Waals surface area contributed by atoms with Crippen LogP contribution in [0, 0.1) is 11.8 Å². The highest BCUT2D eigenvalue weighted by Gasteiger charge is 2.60. The summed E-state index contributed by atoms with van der Waals surface area (Å²) in [5.41, 5.74) is 4.87. The number of aromatic hydroxyl groups is 1. The van der Waals surface area contributed by atoms with E-state index in [-0.39, 0.29) is 36.1 Å². The van der Waals surface area contributed by atoms with E-state index in [0.29, 0.717) is 12.2 Å². The number of primary amides is 1. The summed E-state index contributed by atoms with van der Waals surface area (Å²) in [5.74, 6) is -6.43. The Bertz CT molecular complexity index is 1400. The van der Waals surface area contributed by atoms with Gasteiger partial charge in [0.2, 0.25) is 5.78 Å². The van der Waals surface area contributed by atoms with Gasteiger partial charge in [0, 0.05) is 25.0 Å². The van der Waals surface area contributed by atoms with Crippen molar-refractivity contribution in [3.8, 4) is 16.9 Å². The molecule has 0 bridgehead atoms. The number of aliphatic hydroxyl groups excluding tert-OH is 2. The van der Waals surface area contributed by atoms with E-state index in [1.54, 1.807) is 13.2 Å². The molecule has 0 aromatic heterocycles. The molecule has 3 unspecified atom stereocenters. The second-order valence-electron chi connectivity index (χ2n) is 9.53. The zero-order valence-corrected chi connectivity index (χ0v) is 19.4. The molecule has 9 heteroatoms. The smallest absolute Gasteiger partial charge is 0.255 e. The Morgan fingerprint density at radius 1 is 1.14 bits per heavy atom. The van der Waals surface area contributed by atoms with Gasteiger partial charge in [-0.3, -0.25) is 14.4 Å². The van der Waals surface area contributed by atoms with Crippen LogP contribution in [0.1, 0.15) is 29.5 Å². The molecule has 3 atom stereocenters. The van der Waals surface area contributed by atoms with Crippen LogP contribution in [-0.2, 0) is 32.1 Å². The largest absolute Gasteiger partial charge is 0.508 e. The van der Waals surface area contributed by atoms with E-state index in [2.05, 4.69) is 0 Å². The summed E-state index contributed by atoms with van der Waals surface area (Å²) in [6, 6.07) is 10.8. The maximum absolute atomic E-state index is 13.6. The van der Waals surface area contributed by atoms with Crippen molar-refractivity contribution in [2.45, 2.75) is 31.5 Å². The first-order valence-electron chi connectivity index (χ1n) is 11.5. The highest BCUT2D eigenvalue weighted by molar-refractivity contribution is 6.22. The van der Waals surface area contributed by atoms with Crippen LogP contribution in [-0.4, -0.2) is 50.6 Å². The van der Waals surface area contributed by atoms with Crippen molar-refractivity contribution in [1.82, 2.24) is 0 Å². The first kappa shape index (κ1) is 23.8. The number of carbonyl (C=O) groups excluding carboxylic acids is 3. The third-order valence-corrected chi connectivity index (χ3v) is 7.50. The predicted octanol–water partition coefficient (Wildman–Crippen LogP) is 2.24. The lowest BCUT2D eigenvalue weighted by atomic mass is 9.59. The molecule has 3 aliphatic rings. The Morgan fingerprint density at radius 2 is 1.89 bits per heavy atom. The molecule has 0 saturated heterocycles. The van der Waals surface area contributed by atoms with Crippen LogP contribution >= 0.6 is 0 Å². The molecular formula is C27H25NO8. The fraction of sp³-hybridized carbons (Fsp3) is 0.296. The van der Waals surface area contributed by atoms with Crippen molar-refractivity contribution in [3.05, 3.63) is 70.0 Å². The van der Waals surface area contributed by atoms with Crippen LogP contribution in [0.25, 0.3) is 16.9 Å². The molecule has 9 nitrogen and oxygen atoms in total. The number of phenolic OH excluding ortho intramolecular Hbond substituents is 1. The molecule has 0 spiro atoms. The highest BCUT2D eigenvalue weighted by Crippen LogP contribution is 2.53. The lowest BCUT2D eigenvalue weighted by Gasteiger charge is -2.46. The number of Topliss-reactive ketones (excluding diaryl/α,β-unsaturated/α-hetero) is 2. The molecule has 1 fully saturated rings. The van der Waals surface area contributed by atoms with Gasteiger partial charge in [0.15, 0.2) is 11.4 Å². The van der Waals surface area contributed by atoms with E-state index in [9.17, 15) is 34.8 Å². The van der Waals surface area contributed by atoms with Crippen LogP contribution in [0.15, 0.2) is 53.3 Å². The first-order valence-corrected chi connectivity index (χ1v) is 11.5. The van der Waals surface area contributed by atoms with Gasteiger partial charge in [-0.2, -0.15) is 0 Å². The lowest BCUT2D eigenvalue weighted by Crippen LogP contribution is -2.58. The Morgan fingerprint density at radius 3 is 2.58 bits per heavy atom. The zero-order chi connectivity index (χ0) is 25.9. The number of phenols is 1.